The summed E-state index contributed by atoms with van der Waals surface area (Å²) in [4.78, 5) is 12.0. The van der Waals surface area contributed by atoms with Crippen molar-refractivity contribution >= 4 is 17.7 Å². The molecule has 0 fully saturated rings. The number of hydrogen-bond donors (Lipinski definition) is 0. The topological polar surface area (TPSA) is 44.1 Å². The molecule has 2 aromatic rings. The number of carbonyl (C=O) groups is 1. The fourth-order valence-electron chi connectivity index (χ4n) is 2.41. The van der Waals surface area contributed by atoms with Crippen LogP contribution in [0.25, 0.3) is 0 Å². The number of esters is 1. The van der Waals surface area contributed by atoms with Crippen molar-refractivity contribution in [3.63, 3.8) is 0 Å². The average molecular weight is 394 g/mol. The van der Waals surface area contributed by atoms with Gasteiger partial charge in [0.2, 0.25) is 5.88 Å². The van der Waals surface area contributed by atoms with Gasteiger partial charge in [0.1, 0.15) is 0 Å². The summed E-state index contributed by atoms with van der Waals surface area (Å²) in [5, 5.41) is 4.00. The van der Waals surface area contributed by atoms with Gasteiger partial charge in [-0.15, -0.1) is 11.8 Å². The summed E-state index contributed by atoms with van der Waals surface area (Å²) < 4.78 is 72.1. The Morgan fingerprint density at radius 1 is 1.19 bits per heavy atom. The van der Waals surface area contributed by atoms with Gasteiger partial charge in [0.15, 0.2) is 0 Å². The largest absolute Gasteiger partial charge is 0.458 e. The number of ether oxygens (including phenoxy) is 1. The maximum atomic E-state index is 13.8. The van der Waals surface area contributed by atoms with Gasteiger partial charge in [-0.25, -0.2) is 9.48 Å². The maximum Gasteiger partial charge on any atom is 0.458 e. The van der Waals surface area contributed by atoms with E-state index in [9.17, 15) is 26.7 Å². The third-order valence-electron chi connectivity index (χ3n) is 3.68. The van der Waals surface area contributed by atoms with E-state index >= 15 is 0 Å². The van der Waals surface area contributed by atoms with E-state index in [2.05, 4.69) is 5.10 Å². The second-order valence-electron chi connectivity index (χ2n) is 5.53. The Labute approximate surface area is 150 Å². The van der Waals surface area contributed by atoms with Crippen LogP contribution in [0.4, 0.5) is 22.0 Å². The SMILES string of the molecule is CSc1c(C(F)(F)C(F)(F)F)ccc(C(=O)Oc2cc(C)nn2C)c1C. The highest BCUT2D eigenvalue weighted by molar-refractivity contribution is 7.98. The van der Waals surface area contributed by atoms with Crippen molar-refractivity contribution in [2.24, 2.45) is 7.05 Å². The minimum Gasteiger partial charge on any atom is -0.404 e. The molecule has 26 heavy (non-hydrogen) atoms. The molecule has 0 bridgehead atoms. The molecule has 0 atom stereocenters. The number of carbonyl (C=O) groups excluding carboxylic acids is 1. The van der Waals surface area contributed by atoms with Gasteiger partial charge in [0.05, 0.1) is 11.3 Å². The molecule has 0 spiro atoms. The first-order valence-electron chi connectivity index (χ1n) is 7.25. The molecular formula is C16H15F5N2O2S. The smallest absolute Gasteiger partial charge is 0.404 e. The van der Waals surface area contributed by atoms with Gasteiger partial charge < -0.3 is 4.74 Å². The van der Waals surface area contributed by atoms with Gasteiger partial charge in [-0.05, 0) is 31.7 Å². The van der Waals surface area contributed by atoms with Crippen LogP contribution in [0.1, 0.15) is 27.2 Å². The minimum absolute atomic E-state index is 0.0113. The lowest BCUT2D eigenvalue weighted by atomic mass is 10.0. The molecule has 0 aliphatic carbocycles. The molecule has 10 heteroatoms. The number of hydrogen-bond acceptors (Lipinski definition) is 4. The first-order chi connectivity index (χ1) is 11.9. The Balaban J connectivity index is 2.46. The average Bonchev–Trinajstić information content (AvgIpc) is 2.83. The third-order valence-corrected chi connectivity index (χ3v) is 4.61. The zero-order valence-electron chi connectivity index (χ0n) is 14.2. The molecule has 2 rings (SSSR count). The van der Waals surface area contributed by atoms with Crippen molar-refractivity contribution in [2.45, 2.75) is 30.8 Å². The molecule has 4 nitrogen and oxygen atoms in total. The van der Waals surface area contributed by atoms with Gasteiger partial charge in [-0.3, -0.25) is 0 Å². The van der Waals surface area contributed by atoms with Crippen molar-refractivity contribution in [1.82, 2.24) is 9.78 Å². The summed E-state index contributed by atoms with van der Waals surface area (Å²) in [6.07, 6.45) is -4.38. The molecule has 142 valence electrons. The second kappa shape index (κ2) is 6.90. The third kappa shape index (κ3) is 3.55. The van der Waals surface area contributed by atoms with Gasteiger partial charge in [-0.2, -0.15) is 27.1 Å². The van der Waals surface area contributed by atoms with E-state index in [0.29, 0.717) is 23.5 Å². The number of thioether (sulfide) groups is 1. The predicted octanol–water partition coefficient (Wildman–Crippen LogP) is 4.63. The molecule has 0 radical (unpaired) electrons. The molecule has 0 saturated heterocycles. The number of aryl methyl sites for hydroxylation is 2. The van der Waals surface area contributed by atoms with Gasteiger partial charge in [0.25, 0.3) is 0 Å². The van der Waals surface area contributed by atoms with Gasteiger partial charge in [-0.1, -0.05) is 6.07 Å². The maximum absolute atomic E-state index is 13.8. The minimum atomic E-state index is -5.74. The normalized spacial score (nSPS) is 12.3. The predicted molar refractivity (Wildman–Crippen MR) is 85.8 cm³/mol. The zero-order valence-corrected chi connectivity index (χ0v) is 15.1. The highest BCUT2D eigenvalue weighted by Crippen LogP contribution is 2.47. The highest BCUT2D eigenvalue weighted by atomic mass is 32.2. The van der Waals surface area contributed by atoms with Crippen molar-refractivity contribution in [3.8, 4) is 5.88 Å². The fourth-order valence-corrected chi connectivity index (χ4v) is 3.24. The van der Waals surface area contributed by atoms with Crippen LogP contribution in [0.2, 0.25) is 0 Å². The number of alkyl halides is 5. The molecule has 0 amide bonds. The van der Waals surface area contributed by atoms with E-state index in [1.165, 1.54) is 23.9 Å². The summed E-state index contributed by atoms with van der Waals surface area (Å²) in [5.74, 6) is -5.78. The molecule has 1 aromatic heterocycles. The van der Waals surface area contributed by atoms with Crippen molar-refractivity contribution in [1.29, 1.82) is 0 Å². The first kappa shape index (κ1) is 20.2. The number of aromatic nitrogens is 2. The van der Waals surface area contributed by atoms with Crippen LogP contribution in [-0.2, 0) is 13.0 Å². The summed E-state index contributed by atoms with van der Waals surface area (Å²) in [6, 6.07) is 3.02. The van der Waals surface area contributed by atoms with Crippen LogP contribution in [-0.4, -0.2) is 28.2 Å². The Morgan fingerprint density at radius 3 is 2.27 bits per heavy atom. The fraction of sp³-hybridized carbons (Fsp3) is 0.375. The molecule has 0 N–H and O–H groups in total. The lowest BCUT2D eigenvalue weighted by Crippen LogP contribution is -2.34. The lowest BCUT2D eigenvalue weighted by molar-refractivity contribution is -0.290. The Morgan fingerprint density at radius 2 is 1.81 bits per heavy atom. The van der Waals surface area contributed by atoms with Gasteiger partial charge in [0, 0.05) is 23.6 Å². The molecule has 0 saturated carbocycles. The molecule has 1 heterocycles. The first-order valence-corrected chi connectivity index (χ1v) is 8.48. The van der Waals surface area contributed by atoms with Gasteiger partial charge >= 0.3 is 18.1 Å². The zero-order chi connectivity index (χ0) is 19.9. The number of benzene rings is 1. The number of halogens is 5. The summed E-state index contributed by atoms with van der Waals surface area (Å²) in [6.45, 7) is 2.98. The molecular weight excluding hydrogens is 379 g/mol. The van der Waals surface area contributed by atoms with Crippen LogP contribution in [0, 0.1) is 13.8 Å². The van der Waals surface area contributed by atoms with Crippen LogP contribution in [0.3, 0.4) is 0 Å². The summed E-state index contributed by atoms with van der Waals surface area (Å²) in [7, 11) is 1.54. The Hall–Kier alpha value is -2.10. The van der Waals surface area contributed by atoms with Crippen LogP contribution in [0.5, 0.6) is 5.88 Å². The van der Waals surface area contributed by atoms with Crippen molar-refractivity contribution < 1.29 is 31.5 Å². The van der Waals surface area contributed by atoms with E-state index in [-0.39, 0.29) is 21.9 Å². The molecule has 0 aliphatic heterocycles. The second-order valence-corrected chi connectivity index (χ2v) is 6.34. The molecule has 0 aliphatic rings. The quantitative estimate of drug-likeness (QED) is 0.431. The van der Waals surface area contributed by atoms with E-state index < -0.39 is 23.6 Å². The van der Waals surface area contributed by atoms with Crippen LogP contribution in [0.15, 0.2) is 23.1 Å². The van der Waals surface area contributed by atoms with Crippen molar-refractivity contribution in [2.75, 3.05) is 6.26 Å². The number of nitrogens with zero attached hydrogens (tertiary/aromatic N) is 2. The van der Waals surface area contributed by atoms with Crippen LogP contribution >= 0.6 is 11.8 Å². The molecule has 0 unspecified atom stereocenters. The lowest BCUT2D eigenvalue weighted by Gasteiger charge is -2.23. The molecule has 1 aromatic carbocycles. The standard InChI is InChI=1S/C16H15F5N2O2S/c1-8-7-12(23(3)22-8)25-14(24)10-5-6-11(13(26-4)9(10)2)15(17,18)16(19,20)21/h5-7H,1-4H3. The Bertz CT molecular complexity index is 846. The van der Waals surface area contributed by atoms with E-state index in [1.54, 1.807) is 14.0 Å². The van der Waals surface area contributed by atoms with E-state index in [1.807, 2.05) is 0 Å². The monoisotopic (exact) mass is 394 g/mol. The summed E-state index contributed by atoms with van der Waals surface area (Å²) >= 11 is 0.705. The van der Waals surface area contributed by atoms with Crippen LogP contribution < -0.4 is 4.74 Å². The Kier molecular flexibility index (Phi) is 5.36. The highest BCUT2D eigenvalue weighted by Gasteiger charge is 2.59. The van der Waals surface area contributed by atoms with E-state index in [0.717, 1.165) is 6.07 Å². The van der Waals surface area contributed by atoms with Crippen molar-refractivity contribution in [3.05, 3.63) is 40.6 Å². The number of rotatable bonds is 4. The summed E-state index contributed by atoms with van der Waals surface area (Å²) in [5.41, 5.74) is -0.710. The van der Waals surface area contributed by atoms with E-state index in [4.69, 9.17) is 4.74 Å².